The summed E-state index contributed by atoms with van der Waals surface area (Å²) in [6.07, 6.45) is 1.20. The molecule has 0 spiro atoms. The monoisotopic (exact) mass is 392 g/mol. The molecule has 0 unspecified atom stereocenters. The van der Waals surface area contributed by atoms with E-state index in [1.807, 2.05) is 12.1 Å². The van der Waals surface area contributed by atoms with Crippen LogP contribution in [0.3, 0.4) is 0 Å². The molecule has 3 rings (SSSR count). The minimum absolute atomic E-state index is 0.201. The predicted molar refractivity (Wildman–Crippen MR) is 104 cm³/mol. The fourth-order valence-electron chi connectivity index (χ4n) is 2.83. The third-order valence-electron chi connectivity index (χ3n) is 4.10. The first kappa shape index (κ1) is 19.4. The highest BCUT2D eigenvalue weighted by molar-refractivity contribution is 7.90. The summed E-state index contributed by atoms with van der Waals surface area (Å²) in [5, 5.41) is 0.854. The number of hydrogen-bond acceptors (Lipinski definition) is 5. The topological polar surface area (TPSA) is 91.8 Å². The molecule has 0 radical (unpaired) electrons. The first-order chi connectivity index (χ1) is 12.7. The van der Waals surface area contributed by atoms with Gasteiger partial charge in [-0.1, -0.05) is 18.2 Å². The largest absolute Gasteiger partial charge is 0.444 e. The Labute approximate surface area is 159 Å². The van der Waals surface area contributed by atoms with Gasteiger partial charge in [-0.3, -0.25) is 9.71 Å². The van der Waals surface area contributed by atoms with E-state index in [-0.39, 0.29) is 26.2 Å². The minimum Gasteiger partial charge on any atom is -0.444 e. The molecule has 27 heavy (non-hydrogen) atoms. The number of piperazine rings is 1. The molecule has 1 aliphatic heterocycles. The van der Waals surface area contributed by atoms with Crippen molar-refractivity contribution in [3.63, 3.8) is 0 Å². The summed E-state index contributed by atoms with van der Waals surface area (Å²) in [5.74, 6) is 0. The molecule has 1 N–H and O–H groups in total. The molecular formula is C18H24N4O4S. The number of nitrogens with zero attached hydrogens (tertiary/aromatic N) is 3. The molecule has 1 aliphatic rings. The normalized spacial score (nSPS) is 16.3. The summed E-state index contributed by atoms with van der Waals surface area (Å²) >= 11 is 0. The van der Waals surface area contributed by atoms with E-state index in [9.17, 15) is 13.2 Å². The number of ether oxygens (including phenoxy) is 1. The van der Waals surface area contributed by atoms with E-state index >= 15 is 0 Å². The molecule has 0 bridgehead atoms. The average molecular weight is 392 g/mol. The van der Waals surface area contributed by atoms with Crippen molar-refractivity contribution < 1.29 is 17.9 Å². The molecule has 1 saturated heterocycles. The lowest BCUT2D eigenvalue weighted by Crippen LogP contribution is -2.52. The number of benzene rings is 1. The van der Waals surface area contributed by atoms with Gasteiger partial charge in [-0.2, -0.15) is 12.7 Å². The third-order valence-corrected chi connectivity index (χ3v) is 5.62. The van der Waals surface area contributed by atoms with Crippen molar-refractivity contribution >= 4 is 32.9 Å². The number of anilines is 1. The van der Waals surface area contributed by atoms with Crippen LogP contribution >= 0.6 is 0 Å². The second kappa shape index (κ2) is 7.32. The van der Waals surface area contributed by atoms with E-state index in [1.165, 1.54) is 9.21 Å². The van der Waals surface area contributed by atoms with Gasteiger partial charge in [0.25, 0.3) is 0 Å². The van der Waals surface area contributed by atoms with Crippen LogP contribution in [0.15, 0.2) is 36.5 Å². The molecule has 8 nitrogen and oxygen atoms in total. The van der Waals surface area contributed by atoms with Crippen LogP contribution in [-0.2, 0) is 14.9 Å². The highest BCUT2D eigenvalue weighted by Crippen LogP contribution is 2.23. The second-order valence-corrected chi connectivity index (χ2v) is 9.02. The maximum absolute atomic E-state index is 12.8. The number of aromatic nitrogens is 1. The van der Waals surface area contributed by atoms with Crippen molar-refractivity contribution in [2.24, 2.45) is 0 Å². The van der Waals surface area contributed by atoms with E-state index < -0.39 is 21.9 Å². The van der Waals surface area contributed by atoms with Gasteiger partial charge in [-0.15, -0.1) is 0 Å². The summed E-state index contributed by atoms with van der Waals surface area (Å²) in [7, 11) is -3.75. The van der Waals surface area contributed by atoms with Gasteiger partial charge in [0.1, 0.15) is 5.60 Å². The quantitative estimate of drug-likeness (QED) is 0.866. The summed E-state index contributed by atoms with van der Waals surface area (Å²) < 4.78 is 34.8. The number of amides is 1. The van der Waals surface area contributed by atoms with E-state index in [0.29, 0.717) is 11.2 Å². The van der Waals surface area contributed by atoms with E-state index in [2.05, 4.69) is 9.71 Å². The Morgan fingerprint density at radius 3 is 2.44 bits per heavy atom. The van der Waals surface area contributed by atoms with Crippen LogP contribution in [0.25, 0.3) is 10.9 Å². The summed E-state index contributed by atoms with van der Waals surface area (Å²) in [6, 6.07) is 9.02. The Balaban J connectivity index is 1.67. The molecular weight excluding hydrogens is 368 g/mol. The van der Waals surface area contributed by atoms with Gasteiger partial charge < -0.3 is 9.64 Å². The number of nitrogens with one attached hydrogen (secondary N) is 1. The van der Waals surface area contributed by atoms with Crippen molar-refractivity contribution in [3.05, 3.63) is 36.5 Å². The van der Waals surface area contributed by atoms with Gasteiger partial charge >= 0.3 is 16.3 Å². The minimum atomic E-state index is -3.75. The zero-order valence-electron chi connectivity index (χ0n) is 15.7. The van der Waals surface area contributed by atoms with Crippen molar-refractivity contribution in [1.82, 2.24) is 14.2 Å². The maximum Gasteiger partial charge on any atom is 0.410 e. The molecule has 0 atom stereocenters. The van der Waals surface area contributed by atoms with Gasteiger partial charge in [-0.25, -0.2) is 4.79 Å². The van der Waals surface area contributed by atoms with Crippen molar-refractivity contribution in [2.45, 2.75) is 26.4 Å². The molecule has 2 heterocycles. The van der Waals surface area contributed by atoms with Gasteiger partial charge in [0.15, 0.2) is 0 Å². The van der Waals surface area contributed by atoms with Crippen molar-refractivity contribution in [3.8, 4) is 0 Å². The molecule has 1 aromatic heterocycles. The van der Waals surface area contributed by atoms with Gasteiger partial charge in [0.05, 0.1) is 11.2 Å². The summed E-state index contributed by atoms with van der Waals surface area (Å²) in [4.78, 5) is 17.9. The zero-order valence-corrected chi connectivity index (χ0v) is 16.5. The molecule has 2 aromatic rings. The number of hydrogen-bond donors (Lipinski definition) is 1. The Bertz CT molecular complexity index is 927. The summed E-state index contributed by atoms with van der Waals surface area (Å²) in [6.45, 7) is 6.36. The SMILES string of the molecule is CC(C)(C)OC(=O)N1CCN(S(=O)(=O)Nc2cccc3cccnc23)CC1. The molecule has 0 saturated carbocycles. The molecule has 9 heteroatoms. The van der Waals surface area contributed by atoms with Crippen LogP contribution < -0.4 is 4.72 Å². The van der Waals surface area contributed by atoms with Crippen LogP contribution in [0.1, 0.15) is 20.8 Å². The first-order valence-corrected chi connectivity index (χ1v) is 10.2. The van der Waals surface area contributed by atoms with Crippen LogP contribution in [0, 0.1) is 0 Å². The smallest absolute Gasteiger partial charge is 0.410 e. The highest BCUT2D eigenvalue weighted by atomic mass is 32.2. The molecule has 1 fully saturated rings. The fraction of sp³-hybridized carbons (Fsp3) is 0.444. The van der Waals surface area contributed by atoms with Gasteiger partial charge in [0, 0.05) is 37.8 Å². The Hall–Kier alpha value is -2.39. The van der Waals surface area contributed by atoms with Crippen LogP contribution in [0.4, 0.5) is 10.5 Å². The average Bonchev–Trinajstić information content (AvgIpc) is 2.60. The number of pyridine rings is 1. The van der Waals surface area contributed by atoms with Gasteiger partial charge in [-0.05, 0) is 32.9 Å². The molecule has 1 amide bonds. The highest BCUT2D eigenvalue weighted by Gasteiger charge is 2.31. The van der Waals surface area contributed by atoms with E-state index in [4.69, 9.17) is 4.74 Å². The van der Waals surface area contributed by atoms with Gasteiger partial charge in [0.2, 0.25) is 0 Å². The molecule has 1 aromatic carbocycles. The zero-order chi connectivity index (χ0) is 19.7. The Morgan fingerprint density at radius 2 is 1.78 bits per heavy atom. The molecule has 0 aliphatic carbocycles. The number of para-hydroxylation sites is 1. The Morgan fingerprint density at radius 1 is 1.11 bits per heavy atom. The lowest BCUT2D eigenvalue weighted by molar-refractivity contribution is 0.0193. The third kappa shape index (κ3) is 4.67. The predicted octanol–water partition coefficient (Wildman–Crippen LogP) is 2.44. The second-order valence-electron chi connectivity index (χ2n) is 7.35. The number of carbonyl (C=O) groups is 1. The standard InChI is InChI=1S/C18H24N4O4S/c1-18(2,3)26-17(23)21-10-12-22(13-11-21)27(24,25)20-15-8-4-6-14-7-5-9-19-16(14)15/h4-9,20H,10-13H2,1-3H3. The van der Waals surface area contributed by atoms with Crippen molar-refractivity contribution in [1.29, 1.82) is 0 Å². The van der Waals surface area contributed by atoms with Crippen LogP contribution in [-0.4, -0.2) is 60.5 Å². The Kier molecular flexibility index (Phi) is 5.25. The van der Waals surface area contributed by atoms with Crippen LogP contribution in [0.2, 0.25) is 0 Å². The lowest BCUT2D eigenvalue weighted by Gasteiger charge is -2.35. The van der Waals surface area contributed by atoms with E-state index in [1.54, 1.807) is 45.2 Å². The fourth-order valence-corrected chi connectivity index (χ4v) is 4.04. The maximum atomic E-state index is 12.8. The molecule has 146 valence electrons. The number of carbonyl (C=O) groups excluding carboxylic acids is 1. The lowest BCUT2D eigenvalue weighted by atomic mass is 10.2. The van der Waals surface area contributed by atoms with Crippen LogP contribution in [0.5, 0.6) is 0 Å². The summed E-state index contributed by atoms with van der Waals surface area (Å²) in [5.41, 5.74) is 0.446. The number of fused-ring (bicyclic) bond motifs is 1. The van der Waals surface area contributed by atoms with Crippen molar-refractivity contribution in [2.75, 3.05) is 30.9 Å². The van der Waals surface area contributed by atoms with E-state index in [0.717, 1.165) is 5.39 Å². The number of rotatable bonds is 3. The first-order valence-electron chi connectivity index (χ1n) is 8.75.